The third-order valence-electron chi connectivity index (χ3n) is 2.02. The highest BCUT2D eigenvalue weighted by Gasteiger charge is 2.02. The number of benzene rings is 2. The molecule has 0 spiro atoms. The van der Waals surface area contributed by atoms with Gasteiger partial charge in [-0.1, -0.05) is 58.0 Å². The number of hydrogen-bond acceptors (Lipinski definition) is 3. The molecule has 0 atom stereocenters. The fourth-order valence-corrected chi connectivity index (χ4v) is 3.37. The van der Waals surface area contributed by atoms with Gasteiger partial charge in [0, 0.05) is 16.8 Å². The van der Waals surface area contributed by atoms with Gasteiger partial charge in [-0.05, 0) is 18.2 Å². The fourth-order valence-electron chi connectivity index (χ4n) is 1.22. The zero-order valence-electron chi connectivity index (χ0n) is 8.50. The van der Waals surface area contributed by atoms with Crippen LogP contribution in [0.5, 0.6) is 0 Å². The second-order valence-electron chi connectivity index (χ2n) is 3.14. The topological polar surface area (TPSA) is 17.1 Å². The van der Waals surface area contributed by atoms with E-state index in [4.69, 9.17) is 0 Å². The Labute approximate surface area is 104 Å². The van der Waals surface area contributed by atoms with Gasteiger partial charge in [0.25, 0.3) is 0 Å². The van der Waals surface area contributed by atoms with Gasteiger partial charge in [-0.15, -0.1) is 0 Å². The predicted octanol–water partition coefficient (Wildman–Crippen LogP) is 4.54. The second-order valence-corrected chi connectivity index (χ2v) is 5.38. The van der Waals surface area contributed by atoms with E-state index in [0.717, 1.165) is 16.7 Å². The van der Waals surface area contributed by atoms with E-state index in [-0.39, 0.29) is 1.43 Å². The van der Waals surface area contributed by atoms with Crippen LogP contribution in [0.1, 0.15) is 11.8 Å². The minimum Gasteiger partial charge on any atom is -0.298 e. The SMILES string of the molecule is O=Cc1ccccc1SSc1ccccc1.[HH]. The molecule has 1 nitrogen and oxygen atoms in total. The molecule has 0 heterocycles. The summed E-state index contributed by atoms with van der Waals surface area (Å²) in [4.78, 5) is 13.0. The summed E-state index contributed by atoms with van der Waals surface area (Å²) in [6.07, 6.45) is 0.897. The molecule has 0 saturated heterocycles. The summed E-state index contributed by atoms with van der Waals surface area (Å²) < 4.78 is 0. The highest BCUT2D eigenvalue weighted by Crippen LogP contribution is 2.38. The minimum absolute atomic E-state index is 0. The smallest absolute Gasteiger partial charge is 0.151 e. The van der Waals surface area contributed by atoms with Crippen LogP contribution in [0.2, 0.25) is 0 Å². The zero-order chi connectivity index (χ0) is 11.2. The van der Waals surface area contributed by atoms with Crippen molar-refractivity contribution in [2.75, 3.05) is 0 Å². The van der Waals surface area contributed by atoms with E-state index in [0.29, 0.717) is 0 Å². The molecule has 0 fully saturated rings. The van der Waals surface area contributed by atoms with Crippen LogP contribution < -0.4 is 0 Å². The minimum atomic E-state index is 0. The van der Waals surface area contributed by atoms with E-state index >= 15 is 0 Å². The van der Waals surface area contributed by atoms with Crippen molar-refractivity contribution >= 4 is 27.9 Å². The van der Waals surface area contributed by atoms with Crippen LogP contribution in [0.15, 0.2) is 64.4 Å². The fraction of sp³-hybridized carbons (Fsp3) is 0. The second kappa shape index (κ2) is 5.77. The van der Waals surface area contributed by atoms with Gasteiger partial charge in [-0.25, -0.2) is 0 Å². The normalized spacial score (nSPS) is 10.0. The maximum atomic E-state index is 10.8. The van der Waals surface area contributed by atoms with Gasteiger partial charge >= 0.3 is 0 Å². The van der Waals surface area contributed by atoms with Crippen molar-refractivity contribution in [3.8, 4) is 0 Å². The van der Waals surface area contributed by atoms with E-state index < -0.39 is 0 Å². The molecule has 0 unspecified atom stereocenters. The lowest BCUT2D eigenvalue weighted by molar-refractivity contribution is 0.112. The summed E-state index contributed by atoms with van der Waals surface area (Å²) in [6.45, 7) is 0. The molecule has 0 aliphatic carbocycles. The Bertz CT molecular complexity index is 474. The van der Waals surface area contributed by atoms with Gasteiger partial charge in [0.2, 0.25) is 0 Å². The molecule has 0 aromatic heterocycles. The van der Waals surface area contributed by atoms with Crippen LogP contribution in [0, 0.1) is 0 Å². The Kier molecular flexibility index (Phi) is 4.08. The standard InChI is InChI=1S/C13H10OS2.H2/c14-10-11-6-4-5-9-13(11)16-15-12-7-2-1-3-8-12;/h1-10H;1H. The van der Waals surface area contributed by atoms with Crippen molar-refractivity contribution in [1.29, 1.82) is 0 Å². The molecule has 0 aliphatic rings. The highest BCUT2D eigenvalue weighted by atomic mass is 33.1. The Morgan fingerprint density at radius 2 is 1.56 bits per heavy atom. The van der Waals surface area contributed by atoms with E-state index in [1.165, 1.54) is 4.90 Å². The van der Waals surface area contributed by atoms with Gasteiger partial charge < -0.3 is 0 Å². The molecule has 0 radical (unpaired) electrons. The first-order valence-corrected chi connectivity index (χ1v) is 6.99. The lowest BCUT2D eigenvalue weighted by Gasteiger charge is -2.03. The zero-order valence-corrected chi connectivity index (χ0v) is 10.1. The van der Waals surface area contributed by atoms with Gasteiger partial charge in [0.05, 0.1) is 0 Å². The predicted molar refractivity (Wildman–Crippen MR) is 72.1 cm³/mol. The number of hydrogen-bond donors (Lipinski definition) is 0. The summed E-state index contributed by atoms with van der Waals surface area (Å²) >= 11 is 0. The van der Waals surface area contributed by atoms with Crippen LogP contribution in [0.25, 0.3) is 0 Å². The van der Waals surface area contributed by atoms with Gasteiger partial charge in [-0.3, -0.25) is 4.79 Å². The molecule has 3 heteroatoms. The molecular formula is C13H12OS2. The molecule has 16 heavy (non-hydrogen) atoms. The molecule has 0 aliphatic heterocycles. The molecular weight excluding hydrogens is 236 g/mol. The van der Waals surface area contributed by atoms with Crippen molar-refractivity contribution in [3.05, 3.63) is 60.2 Å². The third-order valence-corrected chi connectivity index (χ3v) is 4.48. The number of carbonyl (C=O) groups excluding carboxylic acids is 1. The lowest BCUT2D eigenvalue weighted by atomic mass is 10.2. The van der Waals surface area contributed by atoms with Crippen molar-refractivity contribution < 1.29 is 6.22 Å². The van der Waals surface area contributed by atoms with Crippen molar-refractivity contribution in [2.45, 2.75) is 9.79 Å². The first-order valence-electron chi connectivity index (χ1n) is 4.84. The molecule has 2 aromatic rings. The average Bonchev–Trinajstić information content (AvgIpc) is 2.38. The average molecular weight is 248 g/mol. The van der Waals surface area contributed by atoms with Crippen LogP contribution >= 0.6 is 21.6 Å². The molecule has 0 saturated carbocycles. The van der Waals surface area contributed by atoms with Gasteiger partial charge in [-0.2, -0.15) is 0 Å². The number of rotatable bonds is 4. The molecule has 2 rings (SSSR count). The Morgan fingerprint density at radius 1 is 0.875 bits per heavy atom. The maximum Gasteiger partial charge on any atom is 0.151 e. The summed E-state index contributed by atoms with van der Waals surface area (Å²) in [5, 5.41) is 0. The highest BCUT2D eigenvalue weighted by molar-refractivity contribution is 8.76. The van der Waals surface area contributed by atoms with Crippen molar-refractivity contribution in [2.24, 2.45) is 0 Å². The first kappa shape index (κ1) is 11.3. The Hall–Kier alpha value is -1.19. The number of aldehydes is 1. The number of carbonyl (C=O) groups is 1. The summed E-state index contributed by atoms with van der Waals surface area (Å²) in [5.74, 6) is 0. The summed E-state index contributed by atoms with van der Waals surface area (Å²) in [7, 11) is 3.27. The van der Waals surface area contributed by atoms with Gasteiger partial charge in [0.15, 0.2) is 6.29 Å². The van der Waals surface area contributed by atoms with E-state index in [9.17, 15) is 4.79 Å². The molecule has 0 bridgehead atoms. The molecule has 0 amide bonds. The van der Waals surface area contributed by atoms with Crippen molar-refractivity contribution in [3.63, 3.8) is 0 Å². The quantitative estimate of drug-likeness (QED) is 0.584. The largest absolute Gasteiger partial charge is 0.298 e. The van der Waals surface area contributed by atoms with Crippen molar-refractivity contribution in [1.82, 2.24) is 0 Å². The molecule has 2 aromatic carbocycles. The Balaban J connectivity index is 0.00000144. The van der Waals surface area contributed by atoms with Crippen LogP contribution in [0.3, 0.4) is 0 Å². The maximum absolute atomic E-state index is 10.8. The van der Waals surface area contributed by atoms with Crippen LogP contribution in [-0.4, -0.2) is 6.29 Å². The summed E-state index contributed by atoms with van der Waals surface area (Å²) in [5.41, 5.74) is 0.746. The van der Waals surface area contributed by atoms with Crippen LogP contribution in [-0.2, 0) is 0 Å². The van der Waals surface area contributed by atoms with E-state index in [1.54, 1.807) is 21.6 Å². The van der Waals surface area contributed by atoms with E-state index in [2.05, 4.69) is 12.1 Å². The lowest BCUT2D eigenvalue weighted by Crippen LogP contribution is -1.81. The van der Waals surface area contributed by atoms with Crippen LogP contribution in [0.4, 0.5) is 0 Å². The first-order chi connectivity index (χ1) is 7.90. The Morgan fingerprint density at radius 3 is 2.31 bits per heavy atom. The summed E-state index contributed by atoms with van der Waals surface area (Å²) in [6, 6.07) is 17.7. The molecule has 82 valence electrons. The molecule has 0 N–H and O–H groups in total. The third kappa shape index (κ3) is 2.90. The van der Waals surface area contributed by atoms with Gasteiger partial charge in [0.1, 0.15) is 0 Å². The monoisotopic (exact) mass is 248 g/mol. The van der Waals surface area contributed by atoms with E-state index in [1.807, 2.05) is 42.5 Å².